The topological polar surface area (TPSA) is 71.1 Å². The molecule has 2 aromatic rings. The van der Waals surface area contributed by atoms with E-state index in [1.807, 2.05) is 6.92 Å². The lowest BCUT2D eigenvalue weighted by molar-refractivity contribution is 0.567. The van der Waals surface area contributed by atoms with Crippen molar-refractivity contribution in [2.75, 3.05) is 11.3 Å². The van der Waals surface area contributed by atoms with Crippen molar-refractivity contribution in [1.82, 2.24) is 10.3 Å². The van der Waals surface area contributed by atoms with E-state index in [2.05, 4.69) is 15.0 Å². The first-order valence-corrected chi connectivity index (χ1v) is 7.94. The molecular weight excluding hydrogens is 293 g/mol. The second-order valence-corrected chi connectivity index (χ2v) is 6.02. The van der Waals surface area contributed by atoms with E-state index >= 15 is 0 Å². The van der Waals surface area contributed by atoms with Gasteiger partial charge in [0.15, 0.2) is 0 Å². The molecule has 2 rings (SSSR count). The van der Waals surface area contributed by atoms with Crippen molar-refractivity contribution in [3.8, 4) is 0 Å². The van der Waals surface area contributed by atoms with Gasteiger partial charge in [-0.2, -0.15) is 0 Å². The number of hydrogen-bond acceptors (Lipinski definition) is 4. The highest BCUT2D eigenvalue weighted by molar-refractivity contribution is 7.92. The van der Waals surface area contributed by atoms with Gasteiger partial charge in [0.05, 0.1) is 0 Å². The van der Waals surface area contributed by atoms with Gasteiger partial charge in [-0.05, 0) is 36.4 Å². The minimum absolute atomic E-state index is 0.147. The maximum Gasteiger partial charge on any atom is 0.265 e. The van der Waals surface area contributed by atoms with Crippen LogP contribution in [0.15, 0.2) is 47.5 Å². The minimum atomic E-state index is -3.99. The lowest BCUT2D eigenvalue weighted by Crippen LogP contribution is -2.16. The number of sulfonamides is 1. The number of halogens is 1. The molecule has 1 heterocycles. The van der Waals surface area contributed by atoms with Gasteiger partial charge >= 0.3 is 0 Å². The van der Waals surface area contributed by atoms with E-state index in [9.17, 15) is 12.8 Å². The van der Waals surface area contributed by atoms with Gasteiger partial charge in [0.25, 0.3) is 10.0 Å². The lowest BCUT2D eigenvalue weighted by Gasteiger charge is -2.09. The third-order valence-corrected chi connectivity index (χ3v) is 4.16. The Bertz CT molecular complexity index is 705. The summed E-state index contributed by atoms with van der Waals surface area (Å²) in [6, 6.07) is 8.85. The van der Waals surface area contributed by atoms with Crippen LogP contribution in [0.1, 0.15) is 12.5 Å². The molecule has 0 saturated heterocycles. The van der Waals surface area contributed by atoms with Crippen LogP contribution < -0.4 is 10.0 Å². The average molecular weight is 309 g/mol. The number of anilines is 1. The van der Waals surface area contributed by atoms with Crippen LogP contribution in [0.3, 0.4) is 0 Å². The Labute approximate surface area is 123 Å². The largest absolute Gasteiger partial charge is 0.313 e. The number of aromatic nitrogens is 1. The van der Waals surface area contributed by atoms with Crippen molar-refractivity contribution in [3.63, 3.8) is 0 Å². The summed E-state index contributed by atoms with van der Waals surface area (Å²) in [6.07, 6.45) is 1.45. The molecule has 0 saturated carbocycles. The van der Waals surface area contributed by atoms with Gasteiger partial charge in [0.1, 0.15) is 16.5 Å². The molecule has 1 aromatic heterocycles. The molecule has 0 aliphatic rings. The van der Waals surface area contributed by atoms with Crippen molar-refractivity contribution >= 4 is 15.8 Å². The van der Waals surface area contributed by atoms with Gasteiger partial charge < -0.3 is 5.32 Å². The van der Waals surface area contributed by atoms with Gasteiger partial charge in [0, 0.05) is 12.7 Å². The highest BCUT2D eigenvalue weighted by Gasteiger charge is 2.19. The van der Waals surface area contributed by atoms with Crippen LogP contribution in [0, 0.1) is 5.82 Å². The highest BCUT2D eigenvalue weighted by atomic mass is 32.2. The average Bonchev–Trinajstić information content (AvgIpc) is 2.45. The highest BCUT2D eigenvalue weighted by Crippen LogP contribution is 2.19. The Balaban J connectivity index is 2.24. The van der Waals surface area contributed by atoms with Crippen LogP contribution in [-0.2, 0) is 16.6 Å². The van der Waals surface area contributed by atoms with E-state index < -0.39 is 20.7 Å². The fraction of sp³-hybridized carbons (Fsp3) is 0.214. The molecule has 7 heteroatoms. The summed E-state index contributed by atoms with van der Waals surface area (Å²) in [6.45, 7) is 3.18. The molecule has 5 nitrogen and oxygen atoms in total. The molecule has 0 spiro atoms. The minimum Gasteiger partial charge on any atom is -0.313 e. The maximum atomic E-state index is 14.0. The number of nitrogens with one attached hydrogen (secondary N) is 2. The smallest absolute Gasteiger partial charge is 0.265 e. The fourth-order valence-corrected chi connectivity index (χ4v) is 2.83. The van der Waals surface area contributed by atoms with Gasteiger partial charge in [0.2, 0.25) is 0 Å². The van der Waals surface area contributed by atoms with Gasteiger partial charge in [-0.15, -0.1) is 0 Å². The van der Waals surface area contributed by atoms with Crippen molar-refractivity contribution < 1.29 is 12.8 Å². The van der Waals surface area contributed by atoms with Gasteiger partial charge in [-0.25, -0.2) is 17.8 Å². The number of pyridine rings is 1. The van der Waals surface area contributed by atoms with Crippen LogP contribution in [0.5, 0.6) is 0 Å². The zero-order valence-electron chi connectivity index (χ0n) is 11.5. The number of rotatable bonds is 6. The van der Waals surface area contributed by atoms with Crippen molar-refractivity contribution in [2.24, 2.45) is 0 Å². The van der Waals surface area contributed by atoms with Gasteiger partial charge in [-0.3, -0.25) is 4.72 Å². The predicted molar refractivity (Wildman–Crippen MR) is 78.8 cm³/mol. The van der Waals surface area contributed by atoms with E-state index in [1.54, 1.807) is 18.2 Å². The predicted octanol–water partition coefficient (Wildman–Crippen LogP) is 2.13. The van der Waals surface area contributed by atoms with E-state index in [0.717, 1.165) is 6.54 Å². The molecule has 0 atom stereocenters. The SMILES string of the molecule is CCNCc1ccc(S(=O)(=O)Nc2ccccn2)c(F)c1. The normalized spacial score (nSPS) is 11.3. The van der Waals surface area contributed by atoms with Crippen LogP contribution in [0.25, 0.3) is 0 Å². The van der Waals surface area contributed by atoms with Crippen molar-refractivity contribution in [1.29, 1.82) is 0 Å². The second-order valence-electron chi connectivity index (χ2n) is 4.37. The fourth-order valence-electron chi connectivity index (χ4n) is 1.76. The zero-order chi connectivity index (χ0) is 15.3. The third kappa shape index (κ3) is 3.99. The summed E-state index contributed by atoms with van der Waals surface area (Å²) < 4.78 is 40.5. The number of nitrogens with zero attached hydrogens (tertiary/aromatic N) is 1. The Kier molecular flexibility index (Phi) is 4.87. The quantitative estimate of drug-likeness (QED) is 0.857. The first-order chi connectivity index (χ1) is 10.0. The van der Waals surface area contributed by atoms with Crippen molar-refractivity contribution in [2.45, 2.75) is 18.4 Å². The summed E-state index contributed by atoms with van der Waals surface area (Å²) in [5.41, 5.74) is 0.686. The molecule has 2 N–H and O–H groups in total. The standard InChI is InChI=1S/C14H16FN3O2S/c1-2-16-10-11-6-7-13(12(15)9-11)21(19,20)18-14-5-3-4-8-17-14/h3-9,16H,2,10H2,1H3,(H,17,18). The molecule has 0 fully saturated rings. The first kappa shape index (κ1) is 15.4. The molecule has 1 aromatic carbocycles. The van der Waals surface area contributed by atoms with E-state index in [0.29, 0.717) is 12.1 Å². The summed E-state index contributed by atoms with van der Waals surface area (Å²) in [5, 5.41) is 3.05. The Morgan fingerprint density at radius 1 is 1.24 bits per heavy atom. The molecule has 0 radical (unpaired) electrons. The monoisotopic (exact) mass is 309 g/mol. The van der Waals surface area contributed by atoms with Crippen LogP contribution in [0.2, 0.25) is 0 Å². The molecule has 0 unspecified atom stereocenters. The van der Waals surface area contributed by atoms with Crippen LogP contribution in [-0.4, -0.2) is 19.9 Å². The molecule has 0 amide bonds. The molecular formula is C14H16FN3O2S. The Morgan fingerprint density at radius 2 is 2.05 bits per heavy atom. The van der Waals surface area contributed by atoms with E-state index in [4.69, 9.17) is 0 Å². The van der Waals surface area contributed by atoms with E-state index in [1.165, 1.54) is 24.4 Å². The number of hydrogen-bond donors (Lipinski definition) is 2. The summed E-state index contributed by atoms with van der Waals surface area (Å²) in [7, 11) is -3.99. The third-order valence-electron chi connectivity index (χ3n) is 2.77. The molecule has 0 aliphatic heterocycles. The summed E-state index contributed by atoms with van der Waals surface area (Å²) in [5.74, 6) is -0.637. The maximum absolute atomic E-state index is 14.0. The molecule has 21 heavy (non-hydrogen) atoms. The second kappa shape index (κ2) is 6.64. The Morgan fingerprint density at radius 3 is 2.67 bits per heavy atom. The molecule has 0 aliphatic carbocycles. The zero-order valence-corrected chi connectivity index (χ0v) is 12.3. The van der Waals surface area contributed by atoms with E-state index in [-0.39, 0.29) is 5.82 Å². The van der Waals surface area contributed by atoms with Crippen molar-refractivity contribution in [3.05, 3.63) is 54.0 Å². The Hall–Kier alpha value is -1.99. The first-order valence-electron chi connectivity index (χ1n) is 6.46. The van der Waals surface area contributed by atoms with Crippen LogP contribution in [0.4, 0.5) is 10.2 Å². The molecule has 112 valence electrons. The number of benzene rings is 1. The summed E-state index contributed by atoms with van der Waals surface area (Å²) >= 11 is 0. The lowest BCUT2D eigenvalue weighted by atomic mass is 10.2. The van der Waals surface area contributed by atoms with Crippen LogP contribution >= 0.6 is 0 Å². The molecule has 0 bridgehead atoms. The summed E-state index contributed by atoms with van der Waals surface area (Å²) in [4.78, 5) is 3.46. The van der Waals surface area contributed by atoms with Gasteiger partial charge in [-0.1, -0.05) is 19.1 Å².